The van der Waals surface area contributed by atoms with Crippen LogP contribution in [0.4, 0.5) is 0 Å². The van der Waals surface area contributed by atoms with Gasteiger partial charge in [0.15, 0.2) is 0 Å². The molecule has 0 fully saturated rings. The Kier molecular flexibility index (Phi) is 5.02. The van der Waals surface area contributed by atoms with Crippen molar-refractivity contribution < 1.29 is 14.7 Å². The maximum atomic E-state index is 10.1. The van der Waals surface area contributed by atoms with Gasteiger partial charge in [-0.2, -0.15) is 11.8 Å². The summed E-state index contributed by atoms with van der Waals surface area (Å²) in [5.41, 5.74) is 0. The van der Waals surface area contributed by atoms with Crippen molar-refractivity contribution in [2.45, 2.75) is 18.1 Å². The third kappa shape index (κ3) is 4.38. The van der Waals surface area contributed by atoms with Crippen LogP contribution in [0.5, 0.6) is 0 Å². The highest BCUT2D eigenvalue weighted by Crippen LogP contribution is 2.09. The van der Waals surface area contributed by atoms with Gasteiger partial charge in [-0.05, 0) is 12.7 Å². The Hall–Kier alpha value is -0.510. The zero-order valence-corrected chi connectivity index (χ0v) is 6.56. The summed E-state index contributed by atoms with van der Waals surface area (Å²) < 4.78 is 0. The van der Waals surface area contributed by atoms with E-state index >= 15 is 0 Å². The molecule has 1 atom stereocenters. The second kappa shape index (κ2) is 5.29. The number of carbonyl (C=O) groups is 2. The topological polar surface area (TPSA) is 54.4 Å². The standard InChI is InChI=1S/C6H10O3S/c1-10-5(4-7)2-3-6(8)9/h4-5H,2-3H2,1H3,(H,8,9). The average molecular weight is 162 g/mol. The van der Waals surface area contributed by atoms with Crippen molar-refractivity contribution in [3.63, 3.8) is 0 Å². The molecule has 4 heteroatoms. The minimum Gasteiger partial charge on any atom is -0.481 e. The highest BCUT2D eigenvalue weighted by molar-refractivity contribution is 7.99. The van der Waals surface area contributed by atoms with Gasteiger partial charge < -0.3 is 9.90 Å². The average Bonchev–Trinajstić information content (AvgIpc) is 1.90. The van der Waals surface area contributed by atoms with Gasteiger partial charge in [0.1, 0.15) is 6.29 Å². The number of hydrogen-bond donors (Lipinski definition) is 1. The first-order chi connectivity index (χ1) is 4.70. The van der Waals surface area contributed by atoms with E-state index in [0.29, 0.717) is 6.42 Å². The van der Waals surface area contributed by atoms with Crippen molar-refractivity contribution in [3.8, 4) is 0 Å². The van der Waals surface area contributed by atoms with E-state index in [-0.39, 0.29) is 11.7 Å². The number of carboxylic acids is 1. The summed E-state index contributed by atoms with van der Waals surface area (Å²) in [5, 5.41) is 8.07. The third-order valence-corrected chi connectivity index (χ3v) is 2.05. The summed E-state index contributed by atoms with van der Waals surface area (Å²) in [5.74, 6) is -0.846. The van der Waals surface area contributed by atoms with Crippen molar-refractivity contribution in [1.82, 2.24) is 0 Å². The molecule has 1 N–H and O–H groups in total. The van der Waals surface area contributed by atoms with Crippen LogP contribution in [0.15, 0.2) is 0 Å². The van der Waals surface area contributed by atoms with Crippen LogP contribution in [0.2, 0.25) is 0 Å². The SMILES string of the molecule is CSC(C=O)CCC(=O)O. The first kappa shape index (κ1) is 9.49. The smallest absolute Gasteiger partial charge is 0.303 e. The molecule has 0 aliphatic heterocycles. The maximum Gasteiger partial charge on any atom is 0.303 e. The molecule has 0 amide bonds. The van der Waals surface area contributed by atoms with Gasteiger partial charge in [0.2, 0.25) is 0 Å². The molecule has 0 aliphatic carbocycles. The van der Waals surface area contributed by atoms with Crippen molar-refractivity contribution in [1.29, 1.82) is 0 Å². The number of thioether (sulfide) groups is 1. The Morgan fingerprint density at radius 1 is 1.80 bits per heavy atom. The number of aldehydes is 1. The Morgan fingerprint density at radius 2 is 2.40 bits per heavy atom. The van der Waals surface area contributed by atoms with Gasteiger partial charge in [-0.25, -0.2) is 0 Å². The molecule has 0 bridgehead atoms. The van der Waals surface area contributed by atoms with Crippen LogP contribution < -0.4 is 0 Å². The van der Waals surface area contributed by atoms with Crippen LogP contribution in [0.25, 0.3) is 0 Å². The van der Waals surface area contributed by atoms with E-state index in [1.165, 1.54) is 11.8 Å². The van der Waals surface area contributed by atoms with Crippen LogP contribution in [0.3, 0.4) is 0 Å². The van der Waals surface area contributed by atoms with Gasteiger partial charge in [-0.3, -0.25) is 4.79 Å². The molecule has 0 rings (SSSR count). The molecule has 58 valence electrons. The van der Waals surface area contributed by atoms with Crippen LogP contribution in [0, 0.1) is 0 Å². The van der Waals surface area contributed by atoms with Crippen LogP contribution in [-0.2, 0) is 9.59 Å². The molecular formula is C6H10O3S. The maximum absolute atomic E-state index is 10.1. The molecule has 0 radical (unpaired) electrons. The zero-order chi connectivity index (χ0) is 7.98. The van der Waals surface area contributed by atoms with Gasteiger partial charge in [0.05, 0.1) is 5.25 Å². The molecule has 0 aromatic rings. The normalized spacial score (nSPS) is 12.5. The quantitative estimate of drug-likeness (QED) is 0.607. The minimum atomic E-state index is -0.846. The lowest BCUT2D eigenvalue weighted by atomic mass is 10.2. The first-order valence-corrected chi connectivity index (χ1v) is 4.19. The van der Waals surface area contributed by atoms with Gasteiger partial charge >= 0.3 is 5.97 Å². The Labute approximate surface area is 63.8 Å². The van der Waals surface area contributed by atoms with Crippen LogP contribution in [0.1, 0.15) is 12.8 Å². The number of hydrogen-bond acceptors (Lipinski definition) is 3. The molecule has 0 saturated heterocycles. The molecule has 0 aromatic heterocycles. The fraction of sp³-hybridized carbons (Fsp3) is 0.667. The molecule has 0 aliphatic rings. The number of carbonyl (C=O) groups excluding carboxylic acids is 1. The van der Waals surface area contributed by atoms with Gasteiger partial charge in [0.25, 0.3) is 0 Å². The fourth-order valence-electron chi connectivity index (χ4n) is 0.507. The molecule has 3 nitrogen and oxygen atoms in total. The Balaban J connectivity index is 3.44. The summed E-state index contributed by atoms with van der Waals surface area (Å²) in [6.07, 6.45) is 3.08. The van der Waals surface area contributed by atoms with Crippen LogP contribution in [-0.4, -0.2) is 28.9 Å². The van der Waals surface area contributed by atoms with E-state index in [1.807, 2.05) is 0 Å². The summed E-state index contributed by atoms with van der Waals surface area (Å²) in [6.45, 7) is 0. The van der Waals surface area contributed by atoms with E-state index in [2.05, 4.69) is 0 Å². The zero-order valence-electron chi connectivity index (χ0n) is 5.74. The summed E-state index contributed by atoms with van der Waals surface area (Å²) in [6, 6.07) is 0. The summed E-state index contributed by atoms with van der Waals surface area (Å²) >= 11 is 1.38. The van der Waals surface area contributed by atoms with Crippen molar-refractivity contribution in [2.75, 3.05) is 6.26 Å². The van der Waals surface area contributed by atoms with Gasteiger partial charge in [-0.1, -0.05) is 0 Å². The fourth-order valence-corrected chi connectivity index (χ4v) is 0.972. The lowest BCUT2D eigenvalue weighted by molar-refractivity contribution is -0.137. The summed E-state index contributed by atoms with van der Waals surface area (Å²) in [4.78, 5) is 20.1. The minimum absolute atomic E-state index is 0.0737. The second-order valence-corrected chi connectivity index (χ2v) is 2.92. The molecule has 0 spiro atoms. The number of aliphatic carboxylic acids is 1. The van der Waals surface area contributed by atoms with Crippen LogP contribution >= 0.6 is 11.8 Å². The molecule has 0 heterocycles. The Bertz CT molecular complexity index is 124. The van der Waals surface area contributed by atoms with Gasteiger partial charge in [-0.15, -0.1) is 0 Å². The number of rotatable bonds is 5. The second-order valence-electron chi connectivity index (χ2n) is 1.84. The van der Waals surface area contributed by atoms with E-state index in [0.717, 1.165) is 6.29 Å². The largest absolute Gasteiger partial charge is 0.481 e. The highest BCUT2D eigenvalue weighted by Gasteiger charge is 2.06. The number of carboxylic acid groups (broad SMARTS) is 1. The predicted molar refractivity (Wildman–Crippen MR) is 40.2 cm³/mol. The van der Waals surface area contributed by atoms with Gasteiger partial charge in [0, 0.05) is 6.42 Å². The third-order valence-electron chi connectivity index (χ3n) is 1.10. The Morgan fingerprint density at radius 3 is 2.70 bits per heavy atom. The molecular weight excluding hydrogens is 152 g/mol. The lowest BCUT2D eigenvalue weighted by Gasteiger charge is -2.01. The van der Waals surface area contributed by atoms with Crippen molar-refractivity contribution in [2.24, 2.45) is 0 Å². The van der Waals surface area contributed by atoms with E-state index in [9.17, 15) is 9.59 Å². The van der Waals surface area contributed by atoms with E-state index in [4.69, 9.17) is 5.11 Å². The van der Waals surface area contributed by atoms with Crippen molar-refractivity contribution in [3.05, 3.63) is 0 Å². The van der Waals surface area contributed by atoms with Crippen molar-refractivity contribution >= 4 is 24.0 Å². The lowest BCUT2D eigenvalue weighted by Crippen LogP contribution is -2.06. The first-order valence-electron chi connectivity index (χ1n) is 2.90. The molecule has 1 unspecified atom stereocenters. The summed E-state index contributed by atoms with van der Waals surface area (Å²) in [7, 11) is 0. The predicted octanol–water partition coefficient (Wildman–Crippen LogP) is 0.782. The van der Waals surface area contributed by atoms with E-state index in [1.54, 1.807) is 6.26 Å². The molecule has 0 aromatic carbocycles. The highest BCUT2D eigenvalue weighted by atomic mass is 32.2. The monoisotopic (exact) mass is 162 g/mol. The molecule has 10 heavy (non-hydrogen) atoms. The molecule has 0 saturated carbocycles. The van der Waals surface area contributed by atoms with E-state index < -0.39 is 5.97 Å².